The third-order valence-electron chi connectivity index (χ3n) is 6.53. The molecule has 2 aromatic rings. The molecule has 0 saturated carbocycles. The Morgan fingerprint density at radius 2 is 1.79 bits per heavy atom. The van der Waals surface area contributed by atoms with Gasteiger partial charge in [0.2, 0.25) is 15.9 Å². The number of benzene rings is 1. The van der Waals surface area contributed by atoms with Crippen LogP contribution in [0.15, 0.2) is 45.9 Å². The van der Waals surface area contributed by atoms with Crippen molar-refractivity contribution in [1.29, 1.82) is 0 Å². The average molecular weight is 482 g/mol. The van der Waals surface area contributed by atoms with Crippen LogP contribution in [0.4, 0.5) is 8.78 Å². The zero-order valence-corrected chi connectivity index (χ0v) is 19.2. The maximum atomic E-state index is 13.5. The molecular weight excluding hydrogens is 452 g/mol. The highest BCUT2D eigenvalue weighted by Gasteiger charge is 2.33. The van der Waals surface area contributed by atoms with Gasteiger partial charge in [-0.1, -0.05) is 6.42 Å². The minimum Gasteiger partial charge on any atom is -0.468 e. The van der Waals surface area contributed by atoms with Gasteiger partial charge >= 0.3 is 0 Å². The summed E-state index contributed by atoms with van der Waals surface area (Å²) in [5.74, 6) is -1.88. The second-order valence-corrected chi connectivity index (χ2v) is 10.6. The molecule has 1 N–H and O–H groups in total. The Kier molecular flexibility index (Phi) is 7.45. The fourth-order valence-electron chi connectivity index (χ4n) is 4.61. The molecular formula is C23H29F2N3O4S. The first-order chi connectivity index (χ1) is 15.9. The molecule has 1 aromatic heterocycles. The number of furan rings is 1. The lowest BCUT2D eigenvalue weighted by Gasteiger charge is -2.34. The lowest BCUT2D eigenvalue weighted by atomic mass is 9.97. The number of hydrogen-bond donors (Lipinski definition) is 1. The number of nitrogens with zero attached hydrogens (tertiary/aromatic N) is 2. The zero-order chi connectivity index (χ0) is 23.4. The summed E-state index contributed by atoms with van der Waals surface area (Å²) in [6, 6.07) is 6.30. The molecule has 2 fully saturated rings. The number of carbonyl (C=O) groups excluding carboxylic acids is 1. The molecule has 1 aromatic carbocycles. The van der Waals surface area contributed by atoms with Crippen molar-refractivity contribution in [3.63, 3.8) is 0 Å². The third-order valence-corrected chi connectivity index (χ3v) is 8.42. The SMILES string of the molecule is O=C(NCC(c1ccco1)N1CCCCC1)C1CCN(S(=O)(=O)c2ccc(F)c(F)c2)CC1. The molecule has 0 bridgehead atoms. The van der Waals surface area contributed by atoms with Gasteiger partial charge in [-0.15, -0.1) is 0 Å². The first-order valence-electron chi connectivity index (χ1n) is 11.4. The van der Waals surface area contributed by atoms with Crippen LogP contribution < -0.4 is 5.32 Å². The molecule has 4 rings (SSSR count). The van der Waals surface area contributed by atoms with Crippen molar-refractivity contribution >= 4 is 15.9 Å². The van der Waals surface area contributed by atoms with E-state index in [1.54, 1.807) is 6.26 Å². The Bertz CT molecular complexity index is 1050. The lowest BCUT2D eigenvalue weighted by Crippen LogP contribution is -2.45. The van der Waals surface area contributed by atoms with Crippen molar-refractivity contribution in [2.45, 2.75) is 43.0 Å². The summed E-state index contributed by atoms with van der Waals surface area (Å²) in [6.45, 7) is 2.64. The van der Waals surface area contributed by atoms with E-state index in [1.807, 2.05) is 12.1 Å². The van der Waals surface area contributed by atoms with E-state index in [0.717, 1.165) is 43.8 Å². The highest BCUT2D eigenvalue weighted by Crippen LogP contribution is 2.27. The zero-order valence-electron chi connectivity index (χ0n) is 18.4. The molecule has 0 aliphatic carbocycles. The summed E-state index contributed by atoms with van der Waals surface area (Å²) in [4.78, 5) is 14.9. The predicted molar refractivity (Wildman–Crippen MR) is 118 cm³/mol. The highest BCUT2D eigenvalue weighted by atomic mass is 32.2. The van der Waals surface area contributed by atoms with Crippen LogP contribution in [0.2, 0.25) is 0 Å². The summed E-state index contributed by atoms with van der Waals surface area (Å²) in [7, 11) is -3.94. The molecule has 33 heavy (non-hydrogen) atoms. The van der Waals surface area contributed by atoms with Crippen molar-refractivity contribution in [3.8, 4) is 0 Å². The van der Waals surface area contributed by atoms with Gasteiger partial charge < -0.3 is 9.73 Å². The minimum absolute atomic E-state index is 0.0295. The number of nitrogens with one attached hydrogen (secondary N) is 1. The van der Waals surface area contributed by atoms with Crippen LogP contribution in [-0.4, -0.2) is 56.3 Å². The second-order valence-electron chi connectivity index (χ2n) is 8.63. The minimum atomic E-state index is -3.94. The van der Waals surface area contributed by atoms with Crippen LogP contribution in [0, 0.1) is 17.6 Å². The monoisotopic (exact) mass is 481 g/mol. The van der Waals surface area contributed by atoms with E-state index in [9.17, 15) is 22.0 Å². The molecule has 1 atom stereocenters. The van der Waals surface area contributed by atoms with E-state index in [0.29, 0.717) is 25.5 Å². The van der Waals surface area contributed by atoms with Crippen molar-refractivity contribution in [1.82, 2.24) is 14.5 Å². The smallest absolute Gasteiger partial charge is 0.243 e. The molecule has 2 aliphatic heterocycles. The van der Waals surface area contributed by atoms with Crippen LogP contribution in [-0.2, 0) is 14.8 Å². The van der Waals surface area contributed by atoms with E-state index < -0.39 is 21.7 Å². The topological polar surface area (TPSA) is 82.9 Å². The first-order valence-corrected chi connectivity index (χ1v) is 12.8. The molecule has 1 unspecified atom stereocenters. The lowest BCUT2D eigenvalue weighted by molar-refractivity contribution is -0.126. The largest absolute Gasteiger partial charge is 0.468 e. The second kappa shape index (κ2) is 10.3. The Labute approximate surface area is 192 Å². The van der Waals surface area contributed by atoms with Gasteiger partial charge in [-0.2, -0.15) is 4.31 Å². The molecule has 7 nitrogen and oxygen atoms in total. The number of rotatable bonds is 7. The fraction of sp³-hybridized carbons (Fsp3) is 0.522. The maximum absolute atomic E-state index is 13.5. The maximum Gasteiger partial charge on any atom is 0.243 e. The molecule has 10 heteroatoms. The van der Waals surface area contributed by atoms with Crippen LogP contribution in [0.1, 0.15) is 43.9 Å². The molecule has 2 saturated heterocycles. The van der Waals surface area contributed by atoms with Crippen molar-refractivity contribution in [3.05, 3.63) is 54.0 Å². The standard InChI is InChI=1S/C23H29F2N3O4S/c24-19-7-6-18(15-20(19)25)33(30,31)28-12-8-17(9-13-28)23(29)26-16-21(22-5-4-14-32-22)27-10-2-1-3-11-27/h4-7,14-15,17,21H,1-3,8-13,16H2,(H,26,29). The number of hydrogen-bond acceptors (Lipinski definition) is 5. The number of amides is 1. The predicted octanol–water partition coefficient (Wildman–Crippen LogP) is 3.30. The summed E-state index contributed by atoms with van der Waals surface area (Å²) in [5.41, 5.74) is 0. The summed E-state index contributed by atoms with van der Waals surface area (Å²) < 4.78 is 59.1. The molecule has 3 heterocycles. The van der Waals surface area contributed by atoms with Gasteiger partial charge in [-0.25, -0.2) is 17.2 Å². The highest BCUT2D eigenvalue weighted by molar-refractivity contribution is 7.89. The summed E-state index contributed by atoms with van der Waals surface area (Å²) >= 11 is 0. The molecule has 0 spiro atoms. The van der Waals surface area contributed by atoms with E-state index in [2.05, 4.69) is 10.2 Å². The van der Waals surface area contributed by atoms with Crippen molar-refractivity contribution < 1.29 is 26.4 Å². The van der Waals surface area contributed by atoms with E-state index >= 15 is 0 Å². The van der Waals surface area contributed by atoms with Gasteiger partial charge in [0.1, 0.15) is 5.76 Å². The Morgan fingerprint density at radius 1 is 1.06 bits per heavy atom. The molecule has 1 amide bonds. The fourth-order valence-corrected chi connectivity index (χ4v) is 6.09. The van der Waals surface area contributed by atoms with Gasteiger partial charge in [0.15, 0.2) is 11.6 Å². The summed E-state index contributed by atoms with van der Waals surface area (Å²) in [6.07, 6.45) is 5.82. The summed E-state index contributed by atoms with van der Waals surface area (Å²) in [5, 5.41) is 3.04. The molecule has 0 radical (unpaired) electrons. The van der Waals surface area contributed by atoms with Crippen LogP contribution in [0.3, 0.4) is 0 Å². The molecule has 2 aliphatic rings. The van der Waals surface area contributed by atoms with Crippen LogP contribution in [0.5, 0.6) is 0 Å². The quantitative estimate of drug-likeness (QED) is 0.656. The Morgan fingerprint density at radius 3 is 2.42 bits per heavy atom. The van der Waals surface area contributed by atoms with E-state index in [1.165, 1.54) is 10.7 Å². The number of piperidine rings is 2. The molecule has 180 valence electrons. The number of carbonyl (C=O) groups is 1. The van der Waals surface area contributed by atoms with E-state index in [-0.39, 0.29) is 35.9 Å². The van der Waals surface area contributed by atoms with Crippen LogP contribution >= 0.6 is 0 Å². The van der Waals surface area contributed by atoms with Crippen LogP contribution in [0.25, 0.3) is 0 Å². The van der Waals surface area contributed by atoms with Gasteiger partial charge in [-0.3, -0.25) is 9.69 Å². The third kappa shape index (κ3) is 5.44. The Balaban J connectivity index is 1.33. The average Bonchev–Trinajstić information content (AvgIpc) is 3.36. The van der Waals surface area contributed by atoms with Crippen molar-refractivity contribution in [2.75, 3.05) is 32.7 Å². The first kappa shape index (κ1) is 23.8. The number of sulfonamides is 1. The number of halogens is 2. The Hall–Kier alpha value is -2.30. The van der Waals surface area contributed by atoms with Crippen molar-refractivity contribution in [2.24, 2.45) is 5.92 Å². The van der Waals surface area contributed by atoms with Gasteiger partial charge in [0, 0.05) is 25.6 Å². The van der Waals surface area contributed by atoms with Gasteiger partial charge in [-0.05, 0) is 69.1 Å². The van der Waals surface area contributed by atoms with E-state index in [4.69, 9.17) is 4.42 Å². The van der Waals surface area contributed by atoms with Gasteiger partial charge in [0.25, 0.3) is 0 Å². The van der Waals surface area contributed by atoms with Gasteiger partial charge in [0.05, 0.1) is 17.2 Å². The normalized spacial score (nSPS) is 19.9. The number of likely N-dealkylation sites (tertiary alicyclic amines) is 1.